The fourth-order valence-electron chi connectivity index (χ4n) is 4.33. The van der Waals surface area contributed by atoms with E-state index in [0.717, 1.165) is 10.9 Å². The number of nitriles is 1. The van der Waals surface area contributed by atoms with E-state index in [2.05, 4.69) is 20.9 Å². The number of benzene rings is 1. The van der Waals surface area contributed by atoms with Gasteiger partial charge in [-0.25, -0.2) is 8.78 Å². The second-order valence-electron chi connectivity index (χ2n) is 9.00. The molecule has 1 unspecified atom stereocenters. The molecule has 0 radical (unpaired) electrons. The van der Waals surface area contributed by atoms with Crippen LogP contribution in [0.25, 0.3) is 10.9 Å². The Hall–Kier alpha value is -3.48. The van der Waals surface area contributed by atoms with Crippen molar-refractivity contribution >= 4 is 28.6 Å². The van der Waals surface area contributed by atoms with Gasteiger partial charge in [0.15, 0.2) is 0 Å². The van der Waals surface area contributed by atoms with Gasteiger partial charge in [0.2, 0.25) is 17.7 Å². The van der Waals surface area contributed by atoms with Gasteiger partial charge in [0, 0.05) is 36.2 Å². The van der Waals surface area contributed by atoms with Gasteiger partial charge in [0.1, 0.15) is 17.8 Å². The molecule has 188 valence electrons. The molecule has 1 aromatic heterocycles. The highest BCUT2D eigenvalue weighted by atomic mass is 19.3. The van der Waals surface area contributed by atoms with Gasteiger partial charge in [-0.05, 0) is 37.8 Å². The zero-order chi connectivity index (χ0) is 25.4. The van der Waals surface area contributed by atoms with Crippen molar-refractivity contribution in [2.24, 2.45) is 5.92 Å². The standard InChI is InChI=1S/C25H31F2N5O3/c1-2-10-25(26,27)11-5-8-20(23(34)30-18(15-28)13-17-9-12-29-22(17)33)32-24(35)21-14-16-6-3-4-7-19(16)31-21/h3-4,6-7,14,17-18,20,31H,2,5,8-13H2,1H3,(H,29,33)(H,30,34)(H,32,35)/t17?,18-,20-/m0/s1. The number of halogens is 2. The van der Waals surface area contributed by atoms with Crippen LogP contribution in [0.5, 0.6) is 0 Å². The Morgan fingerprint density at radius 2 is 2.03 bits per heavy atom. The molecule has 3 amide bonds. The van der Waals surface area contributed by atoms with E-state index in [9.17, 15) is 28.4 Å². The van der Waals surface area contributed by atoms with Gasteiger partial charge >= 0.3 is 0 Å². The number of carbonyl (C=O) groups excluding carboxylic acids is 3. The summed E-state index contributed by atoms with van der Waals surface area (Å²) in [7, 11) is 0. The van der Waals surface area contributed by atoms with E-state index in [-0.39, 0.29) is 43.2 Å². The maximum Gasteiger partial charge on any atom is 0.268 e. The van der Waals surface area contributed by atoms with Gasteiger partial charge in [0.25, 0.3) is 5.91 Å². The van der Waals surface area contributed by atoms with Crippen LogP contribution < -0.4 is 16.0 Å². The molecule has 1 aliphatic rings. The number of aromatic nitrogens is 1. The van der Waals surface area contributed by atoms with E-state index < -0.39 is 36.2 Å². The van der Waals surface area contributed by atoms with Gasteiger partial charge in [0.05, 0.1) is 6.07 Å². The molecule has 0 aliphatic carbocycles. The number of rotatable bonds is 12. The fourth-order valence-corrected chi connectivity index (χ4v) is 4.33. The van der Waals surface area contributed by atoms with Gasteiger partial charge in [-0.15, -0.1) is 0 Å². The molecule has 0 spiro atoms. The fraction of sp³-hybridized carbons (Fsp3) is 0.520. The molecule has 3 rings (SSSR count). The quantitative estimate of drug-likeness (QED) is 0.366. The number of alkyl halides is 2. The average Bonchev–Trinajstić information content (AvgIpc) is 3.43. The number of hydrogen-bond acceptors (Lipinski definition) is 4. The summed E-state index contributed by atoms with van der Waals surface area (Å²) in [5.41, 5.74) is 0.983. The minimum atomic E-state index is -2.85. The summed E-state index contributed by atoms with van der Waals surface area (Å²) < 4.78 is 28.0. The van der Waals surface area contributed by atoms with Crippen molar-refractivity contribution in [2.45, 2.75) is 69.9 Å². The topological polar surface area (TPSA) is 127 Å². The summed E-state index contributed by atoms with van der Waals surface area (Å²) in [5, 5.41) is 18.2. The third kappa shape index (κ3) is 7.25. The zero-order valence-electron chi connectivity index (χ0n) is 19.7. The Morgan fingerprint density at radius 1 is 1.26 bits per heavy atom. The summed E-state index contributed by atoms with van der Waals surface area (Å²) in [6.07, 6.45) is 0.402. The lowest BCUT2D eigenvalue weighted by atomic mass is 9.98. The molecule has 1 fully saturated rings. The van der Waals surface area contributed by atoms with Crippen molar-refractivity contribution in [3.05, 3.63) is 36.0 Å². The Morgan fingerprint density at radius 3 is 2.69 bits per heavy atom. The molecule has 1 aliphatic heterocycles. The number of carbonyl (C=O) groups is 3. The van der Waals surface area contributed by atoms with Crippen LogP contribution in [0, 0.1) is 17.2 Å². The second-order valence-corrected chi connectivity index (χ2v) is 9.00. The van der Waals surface area contributed by atoms with E-state index in [1.54, 1.807) is 13.0 Å². The first-order valence-corrected chi connectivity index (χ1v) is 12.0. The van der Waals surface area contributed by atoms with Crippen molar-refractivity contribution in [3.63, 3.8) is 0 Å². The highest BCUT2D eigenvalue weighted by molar-refractivity contribution is 6.00. The number of amides is 3. The van der Waals surface area contributed by atoms with E-state index >= 15 is 0 Å². The van der Waals surface area contributed by atoms with Crippen LogP contribution in [0.2, 0.25) is 0 Å². The molecular weight excluding hydrogens is 456 g/mol. The van der Waals surface area contributed by atoms with Crippen LogP contribution in [-0.2, 0) is 9.59 Å². The molecule has 35 heavy (non-hydrogen) atoms. The second kappa shape index (κ2) is 11.8. The predicted molar refractivity (Wildman–Crippen MR) is 127 cm³/mol. The van der Waals surface area contributed by atoms with Crippen LogP contribution in [0.3, 0.4) is 0 Å². The van der Waals surface area contributed by atoms with Crippen molar-refractivity contribution in [1.29, 1.82) is 5.26 Å². The average molecular weight is 488 g/mol. The lowest BCUT2D eigenvalue weighted by molar-refractivity contribution is -0.125. The molecule has 4 N–H and O–H groups in total. The van der Waals surface area contributed by atoms with Gasteiger partial charge in [-0.3, -0.25) is 14.4 Å². The van der Waals surface area contributed by atoms with E-state index in [4.69, 9.17) is 0 Å². The molecule has 10 heteroatoms. The van der Waals surface area contributed by atoms with Crippen LogP contribution in [0.1, 0.15) is 62.4 Å². The maximum absolute atomic E-state index is 14.0. The number of para-hydroxylation sites is 1. The zero-order valence-corrected chi connectivity index (χ0v) is 19.7. The highest BCUT2D eigenvalue weighted by Gasteiger charge is 2.31. The first-order valence-electron chi connectivity index (χ1n) is 12.0. The number of nitrogens with zero attached hydrogens (tertiary/aromatic N) is 1. The van der Waals surface area contributed by atoms with E-state index in [1.165, 1.54) is 0 Å². The molecule has 0 bridgehead atoms. The molecule has 3 atom stereocenters. The normalized spacial score (nSPS) is 17.4. The lowest BCUT2D eigenvalue weighted by Gasteiger charge is -2.22. The van der Waals surface area contributed by atoms with Crippen molar-refractivity contribution in [3.8, 4) is 6.07 Å². The molecule has 2 heterocycles. The number of H-pyrrole nitrogens is 1. The van der Waals surface area contributed by atoms with Crippen LogP contribution in [0.15, 0.2) is 30.3 Å². The summed E-state index contributed by atoms with van der Waals surface area (Å²) >= 11 is 0. The highest BCUT2D eigenvalue weighted by Crippen LogP contribution is 2.27. The van der Waals surface area contributed by atoms with Crippen LogP contribution >= 0.6 is 0 Å². The minimum Gasteiger partial charge on any atom is -0.356 e. The molecular formula is C25H31F2N5O3. The Kier molecular flexibility index (Phi) is 8.79. The number of aromatic amines is 1. The Balaban J connectivity index is 1.69. The first kappa shape index (κ1) is 26.1. The van der Waals surface area contributed by atoms with Crippen molar-refractivity contribution in [2.75, 3.05) is 6.54 Å². The lowest BCUT2D eigenvalue weighted by Crippen LogP contribution is -2.50. The van der Waals surface area contributed by atoms with E-state index in [0.29, 0.717) is 19.4 Å². The molecule has 1 aromatic carbocycles. The van der Waals surface area contributed by atoms with Gasteiger partial charge in [-0.2, -0.15) is 5.26 Å². The van der Waals surface area contributed by atoms with Crippen LogP contribution in [-0.4, -0.2) is 47.3 Å². The Bertz CT molecular complexity index is 1060. The number of fused-ring (bicyclic) bond motifs is 1. The monoisotopic (exact) mass is 487 g/mol. The molecule has 0 saturated carbocycles. The third-order valence-corrected chi connectivity index (χ3v) is 6.20. The summed E-state index contributed by atoms with van der Waals surface area (Å²) in [6, 6.07) is 8.87. The summed E-state index contributed by atoms with van der Waals surface area (Å²) in [5.74, 6) is -4.58. The van der Waals surface area contributed by atoms with Gasteiger partial charge < -0.3 is 20.9 Å². The predicted octanol–water partition coefficient (Wildman–Crippen LogP) is 3.41. The number of hydrogen-bond donors (Lipinski definition) is 4. The number of nitrogens with one attached hydrogen (secondary N) is 4. The molecule has 1 saturated heterocycles. The van der Waals surface area contributed by atoms with Crippen molar-refractivity contribution in [1.82, 2.24) is 20.9 Å². The first-order chi connectivity index (χ1) is 16.7. The summed E-state index contributed by atoms with van der Waals surface area (Å²) in [6.45, 7) is 2.20. The van der Waals surface area contributed by atoms with Crippen LogP contribution in [0.4, 0.5) is 8.78 Å². The Labute approximate surface area is 202 Å². The van der Waals surface area contributed by atoms with Crippen molar-refractivity contribution < 1.29 is 23.2 Å². The minimum absolute atomic E-state index is 0.0142. The molecule has 8 nitrogen and oxygen atoms in total. The smallest absolute Gasteiger partial charge is 0.268 e. The third-order valence-electron chi connectivity index (χ3n) is 6.20. The largest absolute Gasteiger partial charge is 0.356 e. The SMILES string of the molecule is CCCC(F)(F)CCC[C@H](NC(=O)c1cc2ccccc2[nH]1)C(=O)N[C@H](C#N)CC1CCNC1=O. The molecule has 2 aromatic rings. The van der Waals surface area contributed by atoms with Gasteiger partial charge in [-0.1, -0.05) is 31.5 Å². The maximum atomic E-state index is 14.0. The van der Waals surface area contributed by atoms with E-state index in [1.807, 2.05) is 30.3 Å². The summed E-state index contributed by atoms with van der Waals surface area (Å²) in [4.78, 5) is 40.7.